The van der Waals surface area contributed by atoms with Crippen molar-refractivity contribution in [2.45, 2.75) is 46.5 Å². The first kappa shape index (κ1) is 14.9. The van der Waals surface area contributed by atoms with Gasteiger partial charge in [0.15, 0.2) is 0 Å². The Balaban J connectivity index is 4.16. The van der Waals surface area contributed by atoms with Crippen LogP contribution in [0.15, 0.2) is 0 Å². The number of quaternary nitrogens is 1. The van der Waals surface area contributed by atoms with Gasteiger partial charge in [0, 0.05) is 7.11 Å². The van der Waals surface area contributed by atoms with Crippen LogP contribution in [0.5, 0.6) is 0 Å². The maximum absolute atomic E-state index is 5.24. The predicted octanol–water partition coefficient (Wildman–Crippen LogP) is 3.07. The van der Waals surface area contributed by atoms with Crippen molar-refractivity contribution in [1.29, 1.82) is 0 Å². The van der Waals surface area contributed by atoms with Crippen LogP contribution < -0.4 is 0 Å². The molecule has 2 nitrogen and oxygen atoms in total. The number of likely N-dealkylation sites (N-methyl/N-ethyl adjacent to an activating group) is 1. The fraction of sp³-hybridized carbons (Fsp3) is 1.00. The monoisotopic (exact) mass is 216 g/mol. The van der Waals surface area contributed by atoms with Gasteiger partial charge < -0.3 is 9.22 Å². The molecule has 2 heteroatoms. The second-order valence-electron chi connectivity index (χ2n) is 4.53. The van der Waals surface area contributed by atoms with Crippen LogP contribution in [-0.2, 0) is 4.74 Å². The van der Waals surface area contributed by atoms with Gasteiger partial charge in [0.2, 0.25) is 0 Å². The summed E-state index contributed by atoms with van der Waals surface area (Å²) in [6, 6.07) is 0. The maximum atomic E-state index is 5.24. The van der Waals surface area contributed by atoms with E-state index in [1.165, 1.54) is 56.3 Å². The van der Waals surface area contributed by atoms with Gasteiger partial charge in [-0.15, -0.1) is 0 Å². The first-order chi connectivity index (χ1) is 7.24. The van der Waals surface area contributed by atoms with Crippen LogP contribution in [0, 0.1) is 0 Å². The Hall–Kier alpha value is -0.0800. The zero-order valence-electron chi connectivity index (χ0n) is 11.2. The number of methoxy groups -OCH3 is 1. The van der Waals surface area contributed by atoms with Gasteiger partial charge in [0.25, 0.3) is 0 Å². The third-order valence-corrected chi connectivity index (χ3v) is 3.41. The third kappa shape index (κ3) is 6.16. The minimum absolute atomic E-state index is 0.904. The van der Waals surface area contributed by atoms with Gasteiger partial charge in [-0.25, -0.2) is 0 Å². The molecule has 0 saturated carbocycles. The van der Waals surface area contributed by atoms with E-state index in [2.05, 4.69) is 20.8 Å². The van der Waals surface area contributed by atoms with Crippen molar-refractivity contribution in [3.8, 4) is 0 Å². The molecule has 0 aliphatic rings. The van der Waals surface area contributed by atoms with E-state index < -0.39 is 0 Å². The van der Waals surface area contributed by atoms with Crippen molar-refractivity contribution < 1.29 is 9.22 Å². The summed E-state index contributed by atoms with van der Waals surface area (Å²) in [6.07, 6.45) is 5.31. The highest BCUT2D eigenvalue weighted by atomic mass is 16.5. The topological polar surface area (TPSA) is 9.23 Å². The van der Waals surface area contributed by atoms with Gasteiger partial charge in [-0.1, -0.05) is 26.7 Å². The lowest BCUT2D eigenvalue weighted by molar-refractivity contribution is -0.927. The van der Waals surface area contributed by atoms with Crippen LogP contribution in [-0.4, -0.2) is 44.4 Å². The molecule has 0 N–H and O–H groups in total. The highest BCUT2D eigenvalue weighted by Gasteiger charge is 2.23. The van der Waals surface area contributed by atoms with E-state index in [-0.39, 0.29) is 0 Å². The average Bonchev–Trinajstić information content (AvgIpc) is 2.29. The zero-order valence-corrected chi connectivity index (χ0v) is 11.2. The third-order valence-electron chi connectivity index (χ3n) is 3.41. The molecular formula is C13H30NO+. The van der Waals surface area contributed by atoms with Crippen molar-refractivity contribution in [3.63, 3.8) is 0 Å². The SMILES string of the molecule is CCCC[N+](CC)(CCCC)CCOC. The number of hydrogen-bond acceptors (Lipinski definition) is 1. The fourth-order valence-electron chi connectivity index (χ4n) is 2.08. The van der Waals surface area contributed by atoms with Crippen LogP contribution >= 0.6 is 0 Å². The Bertz CT molecular complexity index is 115. The molecule has 0 aromatic carbocycles. The Labute approximate surface area is 96.2 Å². The quantitative estimate of drug-likeness (QED) is 0.510. The van der Waals surface area contributed by atoms with E-state index in [1.807, 2.05) is 7.11 Å². The fourth-order valence-corrected chi connectivity index (χ4v) is 2.08. The van der Waals surface area contributed by atoms with Gasteiger partial charge in [0.05, 0.1) is 26.2 Å². The lowest BCUT2D eigenvalue weighted by Crippen LogP contribution is -2.51. The van der Waals surface area contributed by atoms with Crippen LogP contribution in [0.25, 0.3) is 0 Å². The number of nitrogens with zero attached hydrogens (tertiary/aromatic N) is 1. The molecule has 0 fully saturated rings. The van der Waals surface area contributed by atoms with Gasteiger partial charge in [-0.05, 0) is 19.8 Å². The molecule has 0 amide bonds. The van der Waals surface area contributed by atoms with E-state index in [0.717, 1.165) is 6.61 Å². The smallest absolute Gasteiger partial charge is 0.102 e. The second kappa shape index (κ2) is 9.17. The molecule has 15 heavy (non-hydrogen) atoms. The molecule has 0 aromatic heterocycles. The number of unbranched alkanes of at least 4 members (excludes halogenated alkanes) is 2. The summed E-state index contributed by atoms with van der Waals surface area (Å²) in [6.45, 7) is 12.9. The van der Waals surface area contributed by atoms with Crippen molar-refractivity contribution in [1.82, 2.24) is 0 Å². The standard InChI is InChI=1S/C13H30NO/c1-5-8-10-14(7-3,11-9-6-2)12-13-15-4/h5-13H2,1-4H3/q+1. The number of hydrogen-bond donors (Lipinski definition) is 0. The molecule has 0 aliphatic carbocycles. The van der Waals surface area contributed by atoms with Crippen molar-refractivity contribution >= 4 is 0 Å². The molecule has 0 radical (unpaired) electrons. The molecule has 92 valence electrons. The Morgan fingerprint density at radius 3 is 1.73 bits per heavy atom. The summed E-state index contributed by atoms with van der Waals surface area (Å²) in [5.41, 5.74) is 0. The summed E-state index contributed by atoms with van der Waals surface area (Å²) < 4.78 is 6.50. The molecule has 0 spiro atoms. The van der Waals surface area contributed by atoms with Crippen LogP contribution in [0.1, 0.15) is 46.5 Å². The average molecular weight is 216 g/mol. The van der Waals surface area contributed by atoms with Crippen LogP contribution in [0.3, 0.4) is 0 Å². The van der Waals surface area contributed by atoms with Crippen LogP contribution in [0.4, 0.5) is 0 Å². The Kier molecular flexibility index (Phi) is 9.12. The van der Waals surface area contributed by atoms with Crippen molar-refractivity contribution in [2.24, 2.45) is 0 Å². The van der Waals surface area contributed by atoms with Crippen LogP contribution in [0.2, 0.25) is 0 Å². The minimum Gasteiger partial charge on any atom is -0.379 e. The van der Waals surface area contributed by atoms with E-state index in [9.17, 15) is 0 Å². The second-order valence-corrected chi connectivity index (χ2v) is 4.53. The molecule has 0 aromatic rings. The van der Waals surface area contributed by atoms with Crippen molar-refractivity contribution in [3.05, 3.63) is 0 Å². The van der Waals surface area contributed by atoms with Gasteiger partial charge in [-0.2, -0.15) is 0 Å². The lowest BCUT2D eigenvalue weighted by Gasteiger charge is -2.38. The minimum atomic E-state index is 0.904. The Morgan fingerprint density at radius 2 is 1.40 bits per heavy atom. The summed E-state index contributed by atoms with van der Waals surface area (Å²) in [5.74, 6) is 0. The molecular weight excluding hydrogens is 186 g/mol. The van der Waals surface area contributed by atoms with E-state index in [1.54, 1.807) is 0 Å². The largest absolute Gasteiger partial charge is 0.379 e. The summed E-state index contributed by atoms with van der Waals surface area (Å²) in [7, 11) is 1.81. The number of ether oxygens (including phenoxy) is 1. The molecule has 0 atom stereocenters. The van der Waals surface area contributed by atoms with E-state index in [4.69, 9.17) is 4.74 Å². The molecule has 0 saturated heterocycles. The number of rotatable bonds is 10. The molecule has 0 heterocycles. The zero-order chi connectivity index (χ0) is 11.6. The molecule has 0 rings (SSSR count). The molecule has 0 unspecified atom stereocenters. The lowest BCUT2D eigenvalue weighted by atomic mass is 10.2. The first-order valence-electron chi connectivity index (χ1n) is 6.58. The maximum Gasteiger partial charge on any atom is 0.102 e. The van der Waals surface area contributed by atoms with Gasteiger partial charge >= 0.3 is 0 Å². The summed E-state index contributed by atoms with van der Waals surface area (Å²) >= 11 is 0. The van der Waals surface area contributed by atoms with Gasteiger partial charge in [-0.3, -0.25) is 0 Å². The molecule has 0 bridgehead atoms. The summed E-state index contributed by atoms with van der Waals surface area (Å²) in [5, 5.41) is 0. The normalized spacial score (nSPS) is 12.0. The van der Waals surface area contributed by atoms with Gasteiger partial charge in [0.1, 0.15) is 6.54 Å². The van der Waals surface area contributed by atoms with Crippen molar-refractivity contribution in [2.75, 3.05) is 39.9 Å². The molecule has 0 aliphatic heterocycles. The predicted molar refractivity (Wildman–Crippen MR) is 67.1 cm³/mol. The van der Waals surface area contributed by atoms with E-state index in [0.29, 0.717) is 0 Å². The van der Waals surface area contributed by atoms with E-state index >= 15 is 0 Å². The summed E-state index contributed by atoms with van der Waals surface area (Å²) in [4.78, 5) is 0. The first-order valence-corrected chi connectivity index (χ1v) is 6.58. The highest BCUT2D eigenvalue weighted by molar-refractivity contribution is 4.45. The Morgan fingerprint density at radius 1 is 0.867 bits per heavy atom. The highest BCUT2D eigenvalue weighted by Crippen LogP contribution is 2.11.